The third-order valence-electron chi connectivity index (χ3n) is 3.86. The zero-order valence-corrected chi connectivity index (χ0v) is 12.9. The molecule has 0 fully saturated rings. The maximum atomic E-state index is 11.6. The molecule has 0 aromatic heterocycles. The van der Waals surface area contributed by atoms with Gasteiger partial charge in [-0.1, -0.05) is 60.2 Å². The van der Waals surface area contributed by atoms with E-state index >= 15 is 0 Å². The average molecular weight is 306 g/mol. The van der Waals surface area contributed by atoms with Crippen LogP contribution in [0.4, 0.5) is 0 Å². The number of fused-ring (bicyclic) bond motifs is 1. The van der Waals surface area contributed by atoms with Crippen molar-refractivity contribution in [1.82, 2.24) is 0 Å². The lowest BCUT2D eigenvalue weighted by molar-refractivity contribution is -0.145. The fourth-order valence-corrected chi connectivity index (χ4v) is 2.63. The van der Waals surface area contributed by atoms with Crippen molar-refractivity contribution in [1.29, 1.82) is 0 Å². The zero-order chi connectivity index (χ0) is 16.2. The van der Waals surface area contributed by atoms with E-state index in [1.165, 1.54) is 0 Å². The Morgan fingerprint density at radius 3 is 2.43 bits per heavy atom. The van der Waals surface area contributed by atoms with Crippen molar-refractivity contribution in [2.45, 2.75) is 19.4 Å². The van der Waals surface area contributed by atoms with Crippen molar-refractivity contribution in [2.75, 3.05) is 0 Å². The number of rotatable bonds is 5. The van der Waals surface area contributed by atoms with Gasteiger partial charge in [-0.3, -0.25) is 0 Å². The Morgan fingerprint density at radius 1 is 1.00 bits per heavy atom. The Balaban J connectivity index is 1.87. The third kappa shape index (κ3) is 3.51. The molecule has 116 valence electrons. The molecular weight excluding hydrogens is 288 g/mol. The van der Waals surface area contributed by atoms with Crippen molar-refractivity contribution in [3.8, 4) is 5.75 Å². The summed E-state index contributed by atoms with van der Waals surface area (Å²) in [7, 11) is 0. The van der Waals surface area contributed by atoms with Crippen LogP contribution in [0.1, 0.15) is 11.1 Å². The van der Waals surface area contributed by atoms with Gasteiger partial charge in [0.05, 0.1) is 0 Å². The van der Waals surface area contributed by atoms with Crippen molar-refractivity contribution >= 4 is 16.7 Å². The molecule has 3 rings (SSSR count). The number of aryl methyl sites for hydroxylation is 1. The molecule has 0 saturated carbocycles. The molecule has 0 heterocycles. The van der Waals surface area contributed by atoms with Gasteiger partial charge in [-0.05, 0) is 35.4 Å². The number of hydrogen-bond acceptors (Lipinski definition) is 2. The normalized spacial score (nSPS) is 12.0. The first-order chi connectivity index (χ1) is 11.1. The highest BCUT2D eigenvalue weighted by Gasteiger charge is 2.21. The van der Waals surface area contributed by atoms with Crippen LogP contribution in [0.2, 0.25) is 0 Å². The van der Waals surface area contributed by atoms with Crippen molar-refractivity contribution in [3.63, 3.8) is 0 Å². The summed E-state index contributed by atoms with van der Waals surface area (Å²) in [5, 5.41) is 11.7. The second-order valence-corrected chi connectivity index (χ2v) is 5.60. The minimum absolute atomic E-state index is 0.324. The number of hydrogen-bond donors (Lipinski definition) is 1. The van der Waals surface area contributed by atoms with E-state index in [4.69, 9.17) is 4.74 Å². The molecule has 0 aliphatic rings. The molecule has 1 N–H and O–H groups in total. The van der Waals surface area contributed by atoms with Crippen LogP contribution in [0.5, 0.6) is 5.75 Å². The highest BCUT2D eigenvalue weighted by atomic mass is 16.5. The van der Waals surface area contributed by atoms with Crippen molar-refractivity contribution < 1.29 is 14.6 Å². The molecule has 0 bridgehead atoms. The molecular formula is C20H18O3. The fourth-order valence-electron chi connectivity index (χ4n) is 2.63. The maximum Gasteiger partial charge on any atom is 0.345 e. The fraction of sp³-hybridized carbons (Fsp3) is 0.150. The molecule has 0 radical (unpaired) electrons. The third-order valence-corrected chi connectivity index (χ3v) is 3.86. The summed E-state index contributed by atoms with van der Waals surface area (Å²) in [5.74, 6) is -0.387. The van der Waals surface area contributed by atoms with Gasteiger partial charge < -0.3 is 9.84 Å². The number of carboxylic acid groups (broad SMARTS) is 1. The van der Waals surface area contributed by atoms with Gasteiger partial charge >= 0.3 is 5.97 Å². The first kappa shape index (κ1) is 15.1. The van der Waals surface area contributed by atoms with E-state index in [0.29, 0.717) is 12.2 Å². The maximum absolute atomic E-state index is 11.6. The predicted molar refractivity (Wildman–Crippen MR) is 90.9 cm³/mol. The van der Waals surface area contributed by atoms with Crippen molar-refractivity contribution in [2.24, 2.45) is 0 Å². The van der Waals surface area contributed by atoms with Gasteiger partial charge in [-0.2, -0.15) is 0 Å². The molecule has 0 saturated heterocycles. The molecule has 3 aromatic rings. The van der Waals surface area contributed by atoms with Crippen molar-refractivity contribution in [3.05, 3.63) is 77.9 Å². The SMILES string of the molecule is Cc1ccc(O[C@@H](Cc2cccc3ccccc23)C(=O)O)cc1. The smallest absolute Gasteiger partial charge is 0.345 e. The van der Waals surface area contributed by atoms with E-state index in [1.54, 1.807) is 12.1 Å². The van der Waals surface area contributed by atoms with Gasteiger partial charge in [0.15, 0.2) is 6.10 Å². The van der Waals surface area contributed by atoms with E-state index in [9.17, 15) is 9.90 Å². The first-order valence-electron chi connectivity index (χ1n) is 7.56. The second kappa shape index (κ2) is 6.53. The highest BCUT2D eigenvalue weighted by molar-refractivity contribution is 5.86. The summed E-state index contributed by atoms with van der Waals surface area (Å²) in [4.78, 5) is 11.6. The Hall–Kier alpha value is -2.81. The topological polar surface area (TPSA) is 46.5 Å². The lowest BCUT2D eigenvalue weighted by atomic mass is 10.00. The van der Waals surface area contributed by atoms with E-state index in [0.717, 1.165) is 21.9 Å². The van der Waals surface area contributed by atoms with Crippen LogP contribution in [-0.4, -0.2) is 17.2 Å². The molecule has 3 heteroatoms. The Labute approximate surface area is 135 Å². The summed E-state index contributed by atoms with van der Waals surface area (Å²) < 4.78 is 5.68. The molecule has 23 heavy (non-hydrogen) atoms. The summed E-state index contributed by atoms with van der Waals surface area (Å²) in [6.45, 7) is 1.98. The number of benzene rings is 3. The average Bonchev–Trinajstić information content (AvgIpc) is 2.56. The molecule has 1 atom stereocenters. The van der Waals surface area contributed by atoms with Gasteiger partial charge in [0.2, 0.25) is 0 Å². The largest absolute Gasteiger partial charge is 0.478 e. The first-order valence-corrected chi connectivity index (χ1v) is 7.56. The Morgan fingerprint density at radius 2 is 1.70 bits per heavy atom. The summed E-state index contributed by atoms with van der Waals surface area (Å²) in [6, 6.07) is 21.3. The van der Waals surface area contributed by atoms with Crippen LogP contribution in [0.25, 0.3) is 10.8 Å². The number of carboxylic acids is 1. The standard InChI is InChI=1S/C20H18O3/c1-14-9-11-17(12-10-14)23-19(20(21)22)13-16-7-4-6-15-5-2-3-8-18(15)16/h2-12,19H,13H2,1H3,(H,21,22)/t19-/m0/s1. The summed E-state index contributed by atoms with van der Waals surface area (Å²) in [5.41, 5.74) is 2.08. The Kier molecular flexibility index (Phi) is 4.29. The monoisotopic (exact) mass is 306 g/mol. The second-order valence-electron chi connectivity index (χ2n) is 5.60. The minimum atomic E-state index is -0.960. The van der Waals surface area contributed by atoms with Gasteiger partial charge in [0.25, 0.3) is 0 Å². The highest BCUT2D eigenvalue weighted by Crippen LogP contribution is 2.22. The molecule has 3 nitrogen and oxygen atoms in total. The lowest BCUT2D eigenvalue weighted by Crippen LogP contribution is -2.29. The molecule has 0 aliphatic heterocycles. The zero-order valence-electron chi connectivity index (χ0n) is 12.9. The van der Waals surface area contributed by atoms with E-state index in [-0.39, 0.29) is 0 Å². The number of aliphatic carboxylic acids is 1. The van der Waals surface area contributed by atoms with E-state index < -0.39 is 12.1 Å². The molecule has 0 unspecified atom stereocenters. The number of ether oxygens (including phenoxy) is 1. The number of carbonyl (C=O) groups is 1. The van der Waals surface area contributed by atoms with Gasteiger partial charge in [-0.15, -0.1) is 0 Å². The van der Waals surface area contributed by atoms with Gasteiger partial charge in [0.1, 0.15) is 5.75 Å². The lowest BCUT2D eigenvalue weighted by Gasteiger charge is -2.16. The van der Waals surface area contributed by atoms with Crippen LogP contribution < -0.4 is 4.74 Å². The van der Waals surface area contributed by atoms with Crippen LogP contribution in [0.15, 0.2) is 66.7 Å². The Bertz CT molecular complexity index is 816. The molecule has 0 aliphatic carbocycles. The van der Waals surface area contributed by atoms with Crippen LogP contribution in [-0.2, 0) is 11.2 Å². The van der Waals surface area contributed by atoms with E-state index in [1.807, 2.05) is 61.5 Å². The molecule has 0 amide bonds. The van der Waals surface area contributed by atoms with E-state index in [2.05, 4.69) is 0 Å². The molecule has 0 spiro atoms. The summed E-state index contributed by atoms with van der Waals surface area (Å²) in [6.07, 6.45) is -0.589. The molecule has 3 aromatic carbocycles. The van der Waals surface area contributed by atoms with Crippen LogP contribution >= 0.6 is 0 Å². The predicted octanol–water partition coefficient (Wildman–Crippen LogP) is 4.22. The quantitative estimate of drug-likeness (QED) is 0.767. The summed E-state index contributed by atoms with van der Waals surface area (Å²) >= 11 is 0. The minimum Gasteiger partial charge on any atom is -0.478 e. The van der Waals surface area contributed by atoms with Crippen LogP contribution in [0, 0.1) is 6.92 Å². The van der Waals surface area contributed by atoms with Crippen LogP contribution in [0.3, 0.4) is 0 Å². The van der Waals surface area contributed by atoms with Gasteiger partial charge in [-0.25, -0.2) is 4.79 Å². The van der Waals surface area contributed by atoms with Gasteiger partial charge in [0, 0.05) is 6.42 Å².